The van der Waals surface area contributed by atoms with Crippen molar-refractivity contribution in [2.75, 3.05) is 5.84 Å². The summed E-state index contributed by atoms with van der Waals surface area (Å²) >= 11 is 0. The third kappa shape index (κ3) is 0.621. The van der Waals surface area contributed by atoms with Gasteiger partial charge < -0.3 is 5.84 Å². The van der Waals surface area contributed by atoms with Crippen LogP contribution in [0.5, 0.6) is 0 Å². The van der Waals surface area contributed by atoms with Gasteiger partial charge in [-0.2, -0.15) is 5.10 Å². The highest BCUT2D eigenvalue weighted by Gasteiger charge is 2.02. The van der Waals surface area contributed by atoms with Gasteiger partial charge >= 0.3 is 0 Å². The first-order valence-electron chi connectivity index (χ1n) is 2.91. The van der Waals surface area contributed by atoms with Crippen molar-refractivity contribution in [3.05, 3.63) is 24.7 Å². The van der Waals surface area contributed by atoms with Crippen molar-refractivity contribution >= 4 is 0 Å². The summed E-state index contributed by atoms with van der Waals surface area (Å²) in [4.78, 5) is 0. The van der Waals surface area contributed by atoms with E-state index in [0.717, 1.165) is 11.3 Å². The Hall–Kier alpha value is -1.58. The molecule has 0 aliphatic carbocycles. The zero-order valence-electron chi connectivity index (χ0n) is 5.23. The number of nitrogens with zero attached hydrogens (tertiary/aromatic N) is 3. The van der Waals surface area contributed by atoms with Crippen molar-refractivity contribution in [1.29, 1.82) is 0 Å². The van der Waals surface area contributed by atoms with E-state index in [9.17, 15) is 0 Å². The lowest BCUT2D eigenvalue weighted by atomic mass is 10.2. The molecule has 0 aromatic heterocycles. The zero-order chi connectivity index (χ0) is 6.97. The molecule has 2 rings (SSSR count). The normalized spacial score (nSPS) is 10.4. The molecule has 50 valence electrons. The van der Waals surface area contributed by atoms with Crippen LogP contribution in [0.3, 0.4) is 0 Å². The van der Waals surface area contributed by atoms with Crippen LogP contribution in [0.1, 0.15) is 0 Å². The fraction of sp³-hybridized carbons (Fsp3) is 0. The van der Waals surface area contributed by atoms with Gasteiger partial charge in [0.2, 0.25) is 0 Å². The standard InChI is InChI=1S/C6H6N4/c7-10-2-1-5-3-8-9-6(5)4-10/h1-4H,7H2. The Labute approximate surface area is 57.6 Å². The molecule has 0 spiro atoms. The molecule has 2 heterocycles. The maximum Gasteiger partial charge on any atom is 0.113 e. The molecule has 0 amide bonds. The predicted molar refractivity (Wildman–Crippen MR) is 36.8 cm³/mol. The fourth-order valence-electron chi connectivity index (χ4n) is 0.857. The summed E-state index contributed by atoms with van der Waals surface area (Å²) in [5.41, 5.74) is 1.84. The van der Waals surface area contributed by atoms with Crippen molar-refractivity contribution in [2.24, 2.45) is 0 Å². The SMILES string of the molecule is Nn1ccc2cnnc-2c1. The molecular weight excluding hydrogens is 128 g/mol. The molecule has 0 saturated heterocycles. The van der Waals surface area contributed by atoms with Gasteiger partial charge in [-0.15, -0.1) is 5.10 Å². The third-order valence-corrected chi connectivity index (χ3v) is 1.36. The van der Waals surface area contributed by atoms with Crippen LogP contribution >= 0.6 is 0 Å². The summed E-state index contributed by atoms with van der Waals surface area (Å²) in [6.45, 7) is 0. The molecule has 4 nitrogen and oxygen atoms in total. The van der Waals surface area contributed by atoms with E-state index >= 15 is 0 Å². The molecule has 2 aliphatic heterocycles. The van der Waals surface area contributed by atoms with E-state index in [2.05, 4.69) is 10.2 Å². The summed E-state index contributed by atoms with van der Waals surface area (Å²) < 4.78 is 1.46. The van der Waals surface area contributed by atoms with Crippen LogP contribution in [0.15, 0.2) is 24.7 Å². The van der Waals surface area contributed by atoms with E-state index in [1.165, 1.54) is 4.68 Å². The number of aromatic nitrogens is 3. The Kier molecular flexibility index (Phi) is 0.887. The summed E-state index contributed by atoms with van der Waals surface area (Å²) in [5, 5.41) is 7.55. The van der Waals surface area contributed by atoms with E-state index in [0.29, 0.717) is 0 Å². The quantitative estimate of drug-likeness (QED) is 0.520. The number of pyridine rings is 1. The van der Waals surface area contributed by atoms with Gasteiger partial charge in [0, 0.05) is 11.8 Å². The molecule has 0 unspecified atom stereocenters. The molecule has 4 heteroatoms. The molecule has 2 N–H and O–H groups in total. The highest BCUT2D eigenvalue weighted by molar-refractivity contribution is 5.57. The van der Waals surface area contributed by atoms with Crippen molar-refractivity contribution in [1.82, 2.24) is 14.9 Å². The van der Waals surface area contributed by atoms with Crippen molar-refractivity contribution in [2.45, 2.75) is 0 Å². The first-order valence-corrected chi connectivity index (χ1v) is 2.91. The van der Waals surface area contributed by atoms with E-state index in [4.69, 9.17) is 5.84 Å². The number of hydrogen-bond donors (Lipinski definition) is 1. The minimum Gasteiger partial charge on any atom is -0.340 e. The minimum absolute atomic E-state index is 0.824. The largest absolute Gasteiger partial charge is 0.340 e. The van der Waals surface area contributed by atoms with Gasteiger partial charge in [-0.25, -0.2) is 0 Å². The fourth-order valence-corrected chi connectivity index (χ4v) is 0.857. The number of hydrogen-bond acceptors (Lipinski definition) is 3. The number of fused-ring (bicyclic) bond motifs is 1. The number of nitrogens with two attached hydrogens (primary N) is 1. The monoisotopic (exact) mass is 134 g/mol. The maximum absolute atomic E-state index is 5.43. The molecule has 10 heavy (non-hydrogen) atoms. The molecule has 0 aromatic rings. The van der Waals surface area contributed by atoms with E-state index < -0.39 is 0 Å². The van der Waals surface area contributed by atoms with E-state index in [-0.39, 0.29) is 0 Å². The molecule has 0 aromatic carbocycles. The zero-order valence-corrected chi connectivity index (χ0v) is 5.23. The van der Waals surface area contributed by atoms with Gasteiger partial charge in [-0.3, -0.25) is 4.68 Å². The van der Waals surface area contributed by atoms with Crippen LogP contribution in [-0.2, 0) is 0 Å². The van der Waals surface area contributed by atoms with Gasteiger partial charge in [-0.1, -0.05) is 0 Å². The minimum atomic E-state index is 0.824. The van der Waals surface area contributed by atoms with E-state index in [1.54, 1.807) is 18.6 Å². The second-order valence-electron chi connectivity index (χ2n) is 2.08. The lowest BCUT2D eigenvalue weighted by Gasteiger charge is -1.98. The topological polar surface area (TPSA) is 56.7 Å². The molecule has 0 bridgehead atoms. The highest BCUT2D eigenvalue weighted by Crippen LogP contribution is 2.14. The summed E-state index contributed by atoms with van der Waals surface area (Å²) in [5.74, 6) is 5.43. The van der Waals surface area contributed by atoms with Crippen LogP contribution in [0.2, 0.25) is 0 Å². The van der Waals surface area contributed by atoms with Crippen molar-refractivity contribution in [3.8, 4) is 11.3 Å². The Morgan fingerprint density at radius 3 is 3.30 bits per heavy atom. The molecule has 2 aliphatic rings. The lowest BCUT2D eigenvalue weighted by molar-refractivity contribution is 0.976. The Bertz CT molecular complexity index is 314. The van der Waals surface area contributed by atoms with Crippen LogP contribution in [0.25, 0.3) is 11.3 Å². The summed E-state index contributed by atoms with van der Waals surface area (Å²) in [7, 11) is 0. The lowest BCUT2D eigenvalue weighted by Crippen LogP contribution is -2.07. The second kappa shape index (κ2) is 1.70. The van der Waals surface area contributed by atoms with Gasteiger partial charge in [0.05, 0.1) is 12.4 Å². The highest BCUT2D eigenvalue weighted by atomic mass is 15.3. The van der Waals surface area contributed by atoms with Crippen molar-refractivity contribution < 1.29 is 0 Å². The van der Waals surface area contributed by atoms with Crippen LogP contribution in [0, 0.1) is 0 Å². The smallest absolute Gasteiger partial charge is 0.113 e. The third-order valence-electron chi connectivity index (χ3n) is 1.36. The average Bonchev–Trinajstić information content (AvgIpc) is 2.33. The molecule has 0 fully saturated rings. The molecule has 0 radical (unpaired) electrons. The Morgan fingerprint density at radius 1 is 1.50 bits per heavy atom. The first-order chi connectivity index (χ1) is 4.86. The number of nitrogen functional groups attached to an aromatic ring is 1. The Balaban J connectivity index is 2.75. The molecule has 0 atom stereocenters. The Morgan fingerprint density at radius 2 is 2.40 bits per heavy atom. The molecular formula is C6H6N4. The average molecular weight is 134 g/mol. The van der Waals surface area contributed by atoms with Gasteiger partial charge in [0.15, 0.2) is 0 Å². The number of rotatable bonds is 0. The van der Waals surface area contributed by atoms with Gasteiger partial charge in [-0.05, 0) is 6.07 Å². The van der Waals surface area contributed by atoms with Crippen LogP contribution < -0.4 is 5.84 Å². The molecule has 0 saturated carbocycles. The van der Waals surface area contributed by atoms with Crippen molar-refractivity contribution in [3.63, 3.8) is 0 Å². The second-order valence-corrected chi connectivity index (χ2v) is 2.08. The van der Waals surface area contributed by atoms with E-state index in [1.807, 2.05) is 6.07 Å². The predicted octanol–water partition coefficient (Wildman–Crippen LogP) is 0.0967. The summed E-state index contributed by atoms with van der Waals surface area (Å²) in [6.07, 6.45) is 5.18. The van der Waals surface area contributed by atoms with Crippen LogP contribution in [-0.4, -0.2) is 14.9 Å². The maximum atomic E-state index is 5.43. The summed E-state index contributed by atoms with van der Waals surface area (Å²) in [6, 6.07) is 1.87. The van der Waals surface area contributed by atoms with Gasteiger partial charge in [0.1, 0.15) is 5.69 Å². The van der Waals surface area contributed by atoms with Gasteiger partial charge in [0.25, 0.3) is 0 Å². The van der Waals surface area contributed by atoms with Crippen LogP contribution in [0.4, 0.5) is 0 Å². The first kappa shape index (κ1) is 5.22.